The maximum Gasteiger partial charge on any atom is 0.0272 e. The van der Waals surface area contributed by atoms with E-state index >= 15 is 0 Å². The van der Waals surface area contributed by atoms with Crippen molar-refractivity contribution in [1.82, 2.24) is 4.90 Å². The van der Waals surface area contributed by atoms with Crippen LogP contribution in [0.1, 0.15) is 25.7 Å². The van der Waals surface area contributed by atoms with Gasteiger partial charge < -0.3 is 4.90 Å². The van der Waals surface area contributed by atoms with Crippen LogP contribution >= 0.6 is 0 Å². The van der Waals surface area contributed by atoms with Crippen LogP contribution in [0.3, 0.4) is 0 Å². The van der Waals surface area contributed by atoms with Crippen LogP contribution in [-0.2, 0) is 0 Å². The third kappa shape index (κ3) is 2.14. The highest BCUT2D eigenvalue weighted by Gasteiger charge is 2.08. The summed E-state index contributed by atoms with van der Waals surface area (Å²) in [5.41, 5.74) is 0. The number of nitrogens with zero attached hydrogens (tertiary/aromatic N) is 1. The summed E-state index contributed by atoms with van der Waals surface area (Å²) in [5.74, 6) is 0. The third-order valence-corrected chi connectivity index (χ3v) is 2.14. The fourth-order valence-corrected chi connectivity index (χ4v) is 1.40. The summed E-state index contributed by atoms with van der Waals surface area (Å²) in [6, 6.07) is 0.697. The largest absolute Gasteiger partial charge is 0.303 e. The minimum Gasteiger partial charge on any atom is -0.303 e. The van der Waals surface area contributed by atoms with E-state index in [0.717, 1.165) is 0 Å². The molecule has 10 heavy (non-hydrogen) atoms. The van der Waals surface area contributed by atoms with Crippen LogP contribution in [0.5, 0.6) is 0 Å². The van der Waals surface area contributed by atoms with Crippen molar-refractivity contribution in [1.29, 1.82) is 0 Å². The van der Waals surface area contributed by atoms with Crippen molar-refractivity contribution in [2.75, 3.05) is 14.1 Å². The van der Waals surface area contributed by atoms with Crippen molar-refractivity contribution in [2.24, 2.45) is 0 Å². The Hall–Kier alpha value is -0.300. The molecule has 0 spiro atoms. The zero-order chi connectivity index (χ0) is 7.40. The molecule has 0 radical (unpaired) electrons. The molecule has 1 rings (SSSR count). The predicted octanol–water partition coefficient (Wildman–Crippen LogP) is 2.05. The van der Waals surface area contributed by atoms with Gasteiger partial charge in [0.1, 0.15) is 0 Å². The molecule has 1 nitrogen and oxygen atoms in total. The first-order valence-electron chi connectivity index (χ1n) is 4.14. The molecule has 0 heterocycles. The van der Waals surface area contributed by atoms with E-state index in [0.29, 0.717) is 6.04 Å². The van der Waals surface area contributed by atoms with Crippen LogP contribution in [0.15, 0.2) is 12.2 Å². The summed E-state index contributed by atoms with van der Waals surface area (Å²) < 4.78 is 0. The number of likely N-dealkylation sites (N-methyl/N-ethyl adjacent to an activating group) is 1. The van der Waals surface area contributed by atoms with Crippen molar-refractivity contribution < 1.29 is 0 Å². The lowest BCUT2D eigenvalue weighted by atomic mass is 10.1. The molecule has 0 saturated carbocycles. The van der Waals surface area contributed by atoms with Gasteiger partial charge in [-0.25, -0.2) is 0 Å². The Bertz CT molecular complexity index is 116. The quantitative estimate of drug-likeness (QED) is 0.502. The van der Waals surface area contributed by atoms with Gasteiger partial charge in [-0.15, -0.1) is 0 Å². The van der Waals surface area contributed by atoms with Gasteiger partial charge in [0.2, 0.25) is 0 Å². The second kappa shape index (κ2) is 3.77. The molecular formula is C9H17N. The molecule has 0 bridgehead atoms. The summed E-state index contributed by atoms with van der Waals surface area (Å²) in [7, 11) is 4.31. The zero-order valence-electron chi connectivity index (χ0n) is 7.01. The molecule has 0 N–H and O–H groups in total. The minimum atomic E-state index is 0.697. The van der Waals surface area contributed by atoms with Gasteiger partial charge in [0, 0.05) is 6.04 Å². The highest BCUT2D eigenvalue weighted by atomic mass is 15.1. The van der Waals surface area contributed by atoms with Gasteiger partial charge in [0.25, 0.3) is 0 Å². The molecule has 0 saturated heterocycles. The molecule has 58 valence electrons. The molecule has 0 aromatic carbocycles. The Labute approximate surface area is 63.7 Å². The van der Waals surface area contributed by atoms with Crippen molar-refractivity contribution in [3.63, 3.8) is 0 Å². The van der Waals surface area contributed by atoms with Crippen molar-refractivity contribution in [3.8, 4) is 0 Å². The summed E-state index contributed by atoms with van der Waals surface area (Å²) >= 11 is 0. The maximum atomic E-state index is 2.34. The van der Waals surface area contributed by atoms with Crippen molar-refractivity contribution in [3.05, 3.63) is 12.2 Å². The molecular weight excluding hydrogens is 122 g/mol. The van der Waals surface area contributed by atoms with Crippen LogP contribution in [0.4, 0.5) is 0 Å². The predicted molar refractivity (Wildman–Crippen MR) is 45.1 cm³/mol. The van der Waals surface area contributed by atoms with E-state index in [4.69, 9.17) is 0 Å². The average Bonchev–Trinajstić information content (AvgIpc) is 2.12. The molecule has 1 aliphatic carbocycles. The van der Waals surface area contributed by atoms with Gasteiger partial charge in [-0.2, -0.15) is 0 Å². The molecule has 0 aromatic rings. The van der Waals surface area contributed by atoms with Gasteiger partial charge in [-0.1, -0.05) is 18.6 Å². The molecule has 1 heteroatoms. The number of rotatable bonds is 1. The Balaban J connectivity index is 2.41. The highest BCUT2D eigenvalue weighted by molar-refractivity contribution is 4.95. The molecule has 0 aromatic heterocycles. The fraction of sp³-hybridized carbons (Fsp3) is 0.778. The average molecular weight is 139 g/mol. The van der Waals surface area contributed by atoms with E-state index in [9.17, 15) is 0 Å². The van der Waals surface area contributed by atoms with Gasteiger partial charge in [0.15, 0.2) is 0 Å². The van der Waals surface area contributed by atoms with Crippen LogP contribution < -0.4 is 0 Å². The maximum absolute atomic E-state index is 2.34. The standard InChI is InChI=1S/C9H17N/c1-10(2)9-7-5-3-4-6-8-9/h5,7,9H,3-4,6,8H2,1-2H3. The van der Waals surface area contributed by atoms with Crippen LogP contribution in [0, 0.1) is 0 Å². The number of allylic oxidation sites excluding steroid dienone is 1. The normalized spacial score (nSPS) is 26.9. The second-order valence-corrected chi connectivity index (χ2v) is 3.24. The lowest BCUT2D eigenvalue weighted by Crippen LogP contribution is -2.25. The van der Waals surface area contributed by atoms with Gasteiger partial charge in [-0.3, -0.25) is 0 Å². The minimum absolute atomic E-state index is 0.697. The number of hydrogen-bond acceptors (Lipinski definition) is 1. The summed E-state index contributed by atoms with van der Waals surface area (Å²) in [5, 5.41) is 0. The van der Waals surface area contributed by atoms with E-state index < -0.39 is 0 Å². The van der Waals surface area contributed by atoms with Gasteiger partial charge >= 0.3 is 0 Å². The zero-order valence-corrected chi connectivity index (χ0v) is 7.01. The topological polar surface area (TPSA) is 3.24 Å². The molecule has 0 amide bonds. The molecule has 1 unspecified atom stereocenters. The molecule has 0 fully saturated rings. The smallest absolute Gasteiger partial charge is 0.0272 e. The van der Waals surface area contributed by atoms with E-state index in [1.54, 1.807) is 0 Å². The van der Waals surface area contributed by atoms with Crippen LogP contribution in [0.25, 0.3) is 0 Å². The van der Waals surface area contributed by atoms with Gasteiger partial charge in [-0.05, 0) is 33.4 Å². The number of hydrogen-bond donors (Lipinski definition) is 0. The van der Waals surface area contributed by atoms with E-state index in [1.807, 2.05) is 0 Å². The highest BCUT2D eigenvalue weighted by Crippen LogP contribution is 2.13. The third-order valence-electron chi connectivity index (χ3n) is 2.14. The summed E-state index contributed by atoms with van der Waals surface area (Å²) in [4.78, 5) is 2.29. The Morgan fingerprint density at radius 2 is 2.10 bits per heavy atom. The SMILES string of the molecule is CN(C)C1C=CCCCC1. The van der Waals surface area contributed by atoms with Crippen molar-refractivity contribution in [2.45, 2.75) is 31.7 Å². The molecule has 0 aliphatic heterocycles. The fourth-order valence-electron chi connectivity index (χ4n) is 1.40. The van der Waals surface area contributed by atoms with Crippen molar-refractivity contribution >= 4 is 0 Å². The van der Waals surface area contributed by atoms with Gasteiger partial charge in [0.05, 0.1) is 0 Å². The van der Waals surface area contributed by atoms with Crippen LogP contribution in [-0.4, -0.2) is 25.0 Å². The second-order valence-electron chi connectivity index (χ2n) is 3.24. The Morgan fingerprint density at radius 3 is 2.80 bits per heavy atom. The summed E-state index contributed by atoms with van der Waals surface area (Å²) in [6.45, 7) is 0. The molecule has 1 atom stereocenters. The monoisotopic (exact) mass is 139 g/mol. The first kappa shape index (κ1) is 7.80. The lowest BCUT2D eigenvalue weighted by Gasteiger charge is -2.19. The first-order chi connectivity index (χ1) is 4.80. The molecule has 1 aliphatic rings. The Kier molecular flexibility index (Phi) is 2.94. The lowest BCUT2D eigenvalue weighted by molar-refractivity contribution is 0.325. The summed E-state index contributed by atoms with van der Waals surface area (Å²) in [6.07, 6.45) is 10.0. The first-order valence-corrected chi connectivity index (χ1v) is 4.14. The Morgan fingerprint density at radius 1 is 1.30 bits per heavy atom. The van der Waals surface area contributed by atoms with Crippen LogP contribution in [0.2, 0.25) is 0 Å². The van der Waals surface area contributed by atoms with E-state index in [-0.39, 0.29) is 0 Å². The van der Waals surface area contributed by atoms with E-state index in [1.165, 1.54) is 25.7 Å². The van der Waals surface area contributed by atoms with E-state index in [2.05, 4.69) is 31.1 Å².